The summed E-state index contributed by atoms with van der Waals surface area (Å²) in [5, 5.41) is 8.19. The maximum absolute atomic E-state index is 4.34. The van der Waals surface area contributed by atoms with Gasteiger partial charge in [0.2, 0.25) is 0 Å². The molecular weight excluding hydrogens is 312 g/mol. The molecule has 2 rings (SSSR count). The minimum absolute atomic E-state index is 0.461. The standard InChI is InChI=1S/C16H22N4S2/c1-12(21-14-7-5-4-6-8-14)10-19-16(17-3)20-11-15-18-9-13(2)22-15/h4-9,12H,10-11H2,1-3H3,(H2,17,19,20). The van der Waals surface area contributed by atoms with E-state index in [1.54, 1.807) is 18.4 Å². The Hall–Kier alpha value is -1.53. The number of thioether (sulfide) groups is 1. The van der Waals surface area contributed by atoms with Crippen LogP contribution in [0.3, 0.4) is 0 Å². The van der Waals surface area contributed by atoms with Gasteiger partial charge in [0, 0.05) is 34.8 Å². The van der Waals surface area contributed by atoms with Crippen LogP contribution in [0.25, 0.3) is 0 Å². The van der Waals surface area contributed by atoms with Crippen molar-refractivity contribution in [1.29, 1.82) is 0 Å². The molecular formula is C16H22N4S2. The van der Waals surface area contributed by atoms with E-state index < -0.39 is 0 Å². The predicted octanol–water partition coefficient (Wildman–Crippen LogP) is 3.30. The first-order chi connectivity index (χ1) is 10.7. The Kier molecular flexibility index (Phi) is 6.74. The van der Waals surface area contributed by atoms with E-state index in [-0.39, 0.29) is 0 Å². The van der Waals surface area contributed by atoms with Crippen LogP contribution >= 0.6 is 23.1 Å². The summed E-state index contributed by atoms with van der Waals surface area (Å²) in [7, 11) is 1.79. The topological polar surface area (TPSA) is 49.3 Å². The Morgan fingerprint density at radius 3 is 2.73 bits per heavy atom. The van der Waals surface area contributed by atoms with E-state index in [9.17, 15) is 0 Å². The molecule has 0 saturated carbocycles. The number of aliphatic imine (C=N–C) groups is 1. The molecule has 0 radical (unpaired) electrons. The number of benzene rings is 1. The first-order valence-electron chi connectivity index (χ1n) is 7.25. The zero-order valence-corrected chi connectivity index (χ0v) is 14.8. The van der Waals surface area contributed by atoms with Gasteiger partial charge < -0.3 is 10.6 Å². The molecule has 6 heteroatoms. The molecule has 0 bridgehead atoms. The summed E-state index contributed by atoms with van der Waals surface area (Å²) in [6.07, 6.45) is 1.90. The van der Waals surface area contributed by atoms with Gasteiger partial charge in [0.25, 0.3) is 0 Å². The van der Waals surface area contributed by atoms with Gasteiger partial charge in [-0.1, -0.05) is 25.1 Å². The van der Waals surface area contributed by atoms with Crippen LogP contribution in [0.2, 0.25) is 0 Å². The monoisotopic (exact) mass is 334 g/mol. The normalized spacial score (nSPS) is 13.0. The predicted molar refractivity (Wildman–Crippen MR) is 96.8 cm³/mol. The molecule has 1 unspecified atom stereocenters. The Morgan fingerprint density at radius 1 is 1.32 bits per heavy atom. The van der Waals surface area contributed by atoms with Gasteiger partial charge in [-0.05, 0) is 19.1 Å². The molecule has 22 heavy (non-hydrogen) atoms. The van der Waals surface area contributed by atoms with Crippen molar-refractivity contribution in [1.82, 2.24) is 15.6 Å². The Bertz CT molecular complexity index is 595. The molecule has 0 aliphatic carbocycles. The summed E-state index contributed by atoms with van der Waals surface area (Å²) in [6.45, 7) is 5.84. The number of hydrogen-bond acceptors (Lipinski definition) is 4. The second-order valence-corrected chi connectivity index (χ2v) is 7.74. The molecule has 0 aliphatic heterocycles. The van der Waals surface area contributed by atoms with Crippen molar-refractivity contribution in [2.24, 2.45) is 4.99 Å². The highest BCUT2D eigenvalue weighted by Crippen LogP contribution is 2.21. The van der Waals surface area contributed by atoms with E-state index in [2.05, 4.69) is 58.7 Å². The van der Waals surface area contributed by atoms with Crippen LogP contribution in [0.4, 0.5) is 0 Å². The number of guanidine groups is 1. The smallest absolute Gasteiger partial charge is 0.191 e. The Labute approximate surface area is 140 Å². The Balaban J connectivity index is 1.73. The lowest BCUT2D eigenvalue weighted by molar-refractivity contribution is 0.787. The van der Waals surface area contributed by atoms with Gasteiger partial charge in [0.1, 0.15) is 5.01 Å². The minimum atomic E-state index is 0.461. The van der Waals surface area contributed by atoms with E-state index in [0.29, 0.717) is 11.8 Å². The zero-order valence-electron chi connectivity index (χ0n) is 13.2. The molecule has 118 valence electrons. The SMILES string of the molecule is CN=C(NCc1ncc(C)s1)NCC(C)Sc1ccccc1. The number of aromatic nitrogens is 1. The van der Waals surface area contributed by atoms with Gasteiger partial charge in [-0.25, -0.2) is 4.98 Å². The van der Waals surface area contributed by atoms with Gasteiger partial charge in [-0.2, -0.15) is 0 Å². The third-order valence-corrected chi connectivity index (χ3v) is 4.96. The lowest BCUT2D eigenvalue weighted by Gasteiger charge is -2.15. The van der Waals surface area contributed by atoms with Crippen LogP contribution in [0, 0.1) is 6.92 Å². The maximum atomic E-state index is 4.34. The highest BCUT2D eigenvalue weighted by molar-refractivity contribution is 8.00. The largest absolute Gasteiger partial charge is 0.355 e. The van der Waals surface area contributed by atoms with Crippen LogP contribution in [0.5, 0.6) is 0 Å². The molecule has 1 aromatic heterocycles. The van der Waals surface area contributed by atoms with Gasteiger partial charge in [-0.3, -0.25) is 4.99 Å². The van der Waals surface area contributed by atoms with Crippen molar-refractivity contribution in [3.05, 3.63) is 46.4 Å². The first-order valence-corrected chi connectivity index (χ1v) is 8.94. The summed E-state index contributed by atoms with van der Waals surface area (Å²) < 4.78 is 0. The maximum Gasteiger partial charge on any atom is 0.191 e. The van der Waals surface area contributed by atoms with E-state index in [1.165, 1.54) is 9.77 Å². The summed E-state index contributed by atoms with van der Waals surface area (Å²) >= 11 is 3.56. The molecule has 0 spiro atoms. The van der Waals surface area contributed by atoms with E-state index in [1.807, 2.05) is 24.0 Å². The molecule has 0 saturated heterocycles. The molecule has 0 amide bonds. The van der Waals surface area contributed by atoms with Gasteiger partial charge in [0.15, 0.2) is 5.96 Å². The molecule has 1 aromatic carbocycles. The van der Waals surface area contributed by atoms with E-state index >= 15 is 0 Å². The fourth-order valence-corrected chi connectivity index (χ4v) is 3.55. The lowest BCUT2D eigenvalue weighted by atomic mass is 10.4. The molecule has 4 nitrogen and oxygen atoms in total. The first kappa shape index (κ1) is 16.8. The third-order valence-electron chi connectivity index (χ3n) is 2.94. The van der Waals surface area contributed by atoms with Crippen molar-refractivity contribution in [3.63, 3.8) is 0 Å². The van der Waals surface area contributed by atoms with Crippen LogP contribution in [-0.4, -0.2) is 29.8 Å². The summed E-state index contributed by atoms with van der Waals surface area (Å²) in [6, 6.07) is 10.5. The third kappa shape index (κ3) is 5.69. The summed E-state index contributed by atoms with van der Waals surface area (Å²) in [5.41, 5.74) is 0. The van der Waals surface area contributed by atoms with Crippen LogP contribution in [0.15, 0.2) is 46.4 Å². The summed E-state index contributed by atoms with van der Waals surface area (Å²) in [4.78, 5) is 11.1. The van der Waals surface area contributed by atoms with E-state index in [4.69, 9.17) is 0 Å². The fraction of sp³-hybridized carbons (Fsp3) is 0.375. The molecule has 0 aliphatic rings. The molecule has 2 N–H and O–H groups in total. The van der Waals surface area contributed by atoms with Crippen LogP contribution in [-0.2, 0) is 6.54 Å². The highest BCUT2D eigenvalue weighted by Gasteiger charge is 2.06. The van der Waals surface area contributed by atoms with Crippen LogP contribution < -0.4 is 10.6 Å². The van der Waals surface area contributed by atoms with E-state index in [0.717, 1.165) is 17.5 Å². The molecule has 0 fully saturated rings. The number of aryl methyl sites for hydroxylation is 1. The van der Waals surface area contributed by atoms with Crippen molar-refractivity contribution >= 4 is 29.1 Å². The highest BCUT2D eigenvalue weighted by atomic mass is 32.2. The number of nitrogens with zero attached hydrogens (tertiary/aromatic N) is 2. The molecule has 1 heterocycles. The number of rotatable bonds is 6. The Morgan fingerprint density at radius 2 is 2.09 bits per heavy atom. The van der Waals surface area contributed by atoms with Crippen molar-refractivity contribution in [2.75, 3.05) is 13.6 Å². The summed E-state index contributed by atoms with van der Waals surface area (Å²) in [5.74, 6) is 0.813. The molecule has 1 atom stereocenters. The van der Waals surface area contributed by atoms with Gasteiger partial charge >= 0.3 is 0 Å². The zero-order chi connectivity index (χ0) is 15.8. The quantitative estimate of drug-likeness (QED) is 0.483. The number of nitrogens with one attached hydrogen (secondary N) is 2. The second-order valence-electron chi connectivity index (χ2n) is 4.91. The van der Waals surface area contributed by atoms with Crippen molar-refractivity contribution < 1.29 is 0 Å². The average Bonchev–Trinajstić information content (AvgIpc) is 2.94. The minimum Gasteiger partial charge on any atom is -0.355 e. The molecule has 2 aromatic rings. The van der Waals surface area contributed by atoms with Crippen molar-refractivity contribution in [3.8, 4) is 0 Å². The lowest BCUT2D eigenvalue weighted by Crippen LogP contribution is -2.39. The second kappa shape index (κ2) is 8.80. The van der Waals surface area contributed by atoms with Gasteiger partial charge in [0.05, 0.1) is 6.54 Å². The van der Waals surface area contributed by atoms with Crippen molar-refractivity contribution in [2.45, 2.75) is 30.5 Å². The van der Waals surface area contributed by atoms with Gasteiger partial charge in [-0.15, -0.1) is 23.1 Å². The number of thiazole rings is 1. The van der Waals surface area contributed by atoms with Crippen LogP contribution in [0.1, 0.15) is 16.8 Å². The fourth-order valence-electron chi connectivity index (χ4n) is 1.88. The average molecular weight is 335 g/mol. The number of hydrogen-bond donors (Lipinski definition) is 2.